The molecule has 1 N–H and O–H groups in total. The summed E-state index contributed by atoms with van der Waals surface area (Å²) in [5.41, 5.74) is 1.18. The van der Waals surface area contributed by atoms with Crippen LogP contribution >= 0.6 is 11.6 Å². The Kier molecular flexibility index (Phi) is 4.87. The number of carbonyl (C=O) groups is 1. The van der Waals surface area contributed by atoms with Crippen LogP contribution in [0.25, 0.3) is 0 Å². The number of amides is 1. The van der Waals surface area contributed by atoms with Crippen molar-refractivity contribution in [2.45, 2.75) is 37.7 Å². The van der Waals surface area contributed by atoms with Gasteiger partial charge in [-0.1, -0.05) is 54.4 Å². The van der Waals surface area contributed by atoms with Gasteiger partial charge in [-0.05, 0) is 49.4 Å². The number of nitrogens with one attached hydrogen (secondary N) is 1. The van der Waals surface area contributed by atoms with Gasteiger partial charge in [0.2, 0.25) is 0 Å². The van der Waals surface area contributed by atoms with Gasteiger partial charge in [0.1, 0.15) is 5.60 Å². The molecule has 1 aliphatic carbocycles. The number of anilines is 1. The molecule has 3 nitrogen and oxygen atoms in total. The third-order valence-electron chi connectivity index (χ3n) is 4.32. The van der Waals surface area contributed by atoms with E-state index in [4.69, 9.17) is 16.3 Å². The van der Waals surface area contributed by atoms with Crippen LogP contribution in [0.3, 0.4) is 0 Å². The summed E-state index contributed by atoms with van der Waals surface area (Å²) in [7, 11) is 0. The van der Waals surface area contributed by atoms with Gasteiger partial charge in [0.25, 0.3) is 0 Å². The molecule has 23 heavy (non-hydrogen) atoms. The maximum absolute atomic E-state index is 12.4. The van der Waals surface area contributed by atoms with Gasteiger partial charge < -0.3 is 4.74 Å². The third-order valence-corrected chi connectivity index (χ3v) is 4.56. The molecule has 0 unspecified atom stereocenters. The van der Waals surface area contributed by atoms with Gasteiger partial charge >= 0.3 is 6.09 Å². The molecule has 1 aliphatic rings. The van der Waals surface area contributed by atoms with Crippen molar-refractivity contribution in [1.29, 1.82) is 0 Å². The molecule has 0 bridgehead atoms. The lowest BCUT2D eigenvalue weighted by Gasteiger charge is -2.37. The van der Waals surface area contributed by atoms with E-state index >= 15 is 0 Å². The molecule has 0 radical (unpaired) electrons. The fourth-order valence-corrected chi connectivity index (χ4v) is 3.39. The van der Waals surface area contributed by atoms with E-state index in [2.05, 4.69) is 5.32 Å². The first-order valence-corrected chi connectivity index (χ1v) is 8.37. The Morgan fingerprint density at radius 2 is 1.74 bits per heavy atom. The van der Waals surface area contributed by atoms with Crippen LogP contribution in [0.4, 0.5) is 10.5 Å². The van der Waals surface area contributed by atoms with Crippen molar-refractivity contribution < 1.29 is 9.53 Å². The first-order chi connectivity index (χ1) is 11.2. The van der Waals surface area contributed by atoms with Crippen LogP contribution < -0.4 is 5.32 Å². The van der Waals surface area contributed by atoms with E-state index in [0.29, 0.717) is 10.7 Å². The van der Waals surface area contributed by atoms with E-state index in [1.807, 2.05) is 30.3 Å². The molecule has 2 aromatic rings. The van der Waals surface area contributed by atoms with Crippen LogP contribution in [-0.2, 0) is 10.3 Å². The van der Waals surface area contributed by atoms with Crippen molar-refractivity contribution in [1.82, 2.24) is 0 Å². The topological polar surface area (TPSA) is 38.3 Å². The second kappa shape index (κ2) is 7.05. The second-order valence-corrected chi connectivity index (χ2v) is 6.38. The van der Waals surface area contributed by atoms with Crippen molar-refractivity contribution in [3.63, 3.8) is 0 Å². The SMILES string of the molecule is O=C(Nc1cccc(Cl)c1)OC1(c2ccccc2)CCCCC1. The summed E-state index contributed by atoms with van der Waals surface area (Å²) in [6.45, 7) is 0. The van der Waals surface area contributed by atoms with Crippen LogP contribution in [0, 0.1) is 0 Å². The van der Waals surface area contributed by atoms with Gasteiger partial charge in [0.15, 0.2) is 0 Å². The molecule has 1 amide bonds. The van der Waals surface area contributed by atoms with Crippen LogP contribution in [0.5, 0.6) is 0 Å². The summed E-state index contributed by atoms with van der Waals surface area (Å²) in [5, 5.41) is 3.36. The molecule has 0 heterocycles. The van der Waals surface area contributed by atoms with Crippen molar-refractivity contribution in [3.05, 3.63) is 65.2 Å². The molecule has 0 atom stereocenters. The Labute approximate surface area is 141 Å². The maximum atomic E-state index is 12.4. The summed E-state index contributed by atoms with van der Waals surface area (Å²) in [6.07, 6.45) is 4.62. The molecule has 0 aliphatic heterocycles. The molecule has 0 aromatic heterocycles. The molecule has 0 saturated heterocycles. The Bertz CT molecular complexity index is 666. The predicted molar refractivity (Wildman–Crippen MR) is 92.8 cm³/mol. The number of hydrogen-bond acceptors (Lipinski definition) is 2. The van der Waals surface area contributed by atoms with E-state index in [1.165, 1.54) is 6.42 Å². The Morgan fingerprint density at radius 3 is 2.43 bits per heavy atom. The van der Waals surface area contributed by atoms with Crippen LogP contribution in [-0.4, -0.2) is 6.09 Å². The number of halogens is 1. The normalized spacial score (nSPS) is 16.6. The highest BCUT2D eigenvalue weighted by Gasteiger charge is 2.37. The third kappa shape index (κ3) is 3.85. The molecular weight excluding hydrogens is 310 g/mol. The molecule has 1 fully saturated rings. The first-order valence-electron chi connectivity index (χ1n) is 7.99. The highest BCUT2D eigenvalue weighted by Crippen LogP contribution is 2.40. The molecule has 4 heteroatoms. The number of ether oxygens (including phenoxy) is 1. The van der Waals surface area contributed by atoms with Crippen molar-refractivity contribution in [3.8, 4) is 0 Å². The fourth-order valence-electron chi connectivity index (χ4n) is 3.20. The van der Waals surface area contributed by atoms with Crippen molar-refractivity contribution in [2.24, 2.45) is 0 Å². The van der Waals surface area contributed by atoms with E-state index in [9.17, 15) is 4.79 Å². The number of rotatable bonds is 3. The quantitative estimate of drug-likeness (QED) is 0.778. The summed E-state index contributed by atoms with van der Waals surface area (Å²) in [5.74, 6) is 0. The number of benzene rings is 2. The van der Waals surface area contributed by atoms with Gasteiger partial charge in [0, 0.05) is 10.7 Å². The van der Waals surface area contributed by atoms with Gasteiger partial charge in [-0.25, -0.2) is 4.79 Å². The molecule has 0 spiro atoms. The monoisotopic (exact) mass is 329 g/mol. The lowest BCUT2D eigenvalue weighted by Crippen LogP contribution is -2.36. The lowest BCUT2D eigenvalue weighted by molar-refractivity contribution is -0.0140. The second-order valence-electron chi connectivity index (χ2n) is 5.95. The van der Waals surface area contributed by atoms with Crippen LogP contribution in [0.1, 0.15) is 37.7 Å². The average Bonchev–Trinajstić information content (AvgIpc) is 2.56. The summed E-state index contributed by atoms with van der Waals surface area (Å²) in [4.78, 5) is 12.4. The van der Waals surface area contributed by atoms with Crippen molar-refractivity contribution >= 4 is 23.4 Å². The van der Waals surface area contributed by atoms with E-state index in [1.54, 1.807) is 24.3 Å². The first kappa shape index (κ1) is 15.9. The highest BCUT2D eigenvalue weighted by molar-refractivity contribution is 6.30. The highest BCUT2D eigenvalue weighted by atomic mass is 35.5. The smallest absolute Gasteiger partial charge is 0.412 e. The Morgan fingerprint density at radius 1 is 1.00 bits per heavy atom. The maximum Gasteiger partial charge on any atom is 0.412 e. The van der Waals surface area contributed by atoms with Gasteiger partial charge in [-0.15, -0.1) is 0 Å². The molecular formula is C19H20ClNO2. The van der Waals surface area contributed by atoms with Crippen LogP contribution in [0.2, 0.25) is 5.02 Å². The minimum atomic E-state index is -0.526. The Hall–Kier alpha value is -2.00. The summed E-state index contributed by atoms with van der Waals surface area (Å²) >= 11 is 5.95. The zero-order valence-corrected chi connectivity index (χ0v) is 13.7. The van der Waals surface area contributed by atoms with Gasteiger partial charge in [0.05, 0.1) is 0 Å². The Balaban J connectivity index is 1.77. The van der Waals surface area contributed by atoms with E-state index in [-0.39, 0.29) is 0 Å². The summed E-state index contributed by atoms with van der Waals surface area (Å²) < 4.78 is 5.92. The van der Waals surface area contributed by atoms with Crippen LogP contribution in [0.15, 0.2) is 54.6 Å². The number of carbonyl (C=O) groups excluding carboxylic acids is 1. The zero-order chi connectivity index (χ0) is 16.1. The fraction of sp³-hybridized carbons (Fsp3) is 0.316. The van der Waals surface area contributed by atoms with E-state index < -0.39 is 11.7 Å². The molecule has 3 rings (SSSR count). The predicted octanol–water partition coefficient (Wildman–Crippen LogP) is 5.75. The molecule has 2 aromatic carbocycles. The standard InChI is InChI=1S/C19H20ClNO2/c20-16-10-7-11-17(14-16)21-18(22)23-19(12-5-2-6-13-19)15-8-3-1-4-9-15/h1,3-4,7-11,14H,2,5-6,12-13H2,(H,21,22). The minimum absolute atomic E-state index is 0.432. The van der Waals surface area contributed by atoms with Crippen molar-refractivity contribution in [2.75, 3.05) is 5.32 Å². The number of hydrogen-bond donors (Lipinski definition) is 1. The zero-order valence-electron chi connectivity index (χ0n) is 12.9. The van der Waals surface area contributed by atoms with E-state index in [0.717, 1.165) is 31.2 Å². The molecule has 120 valence electrons. The average molecular weight is 330 g/mol. The summed E-state index contributed by atoms with van der Waals surface area (Å²) in [6, 6.07) is 17.1. The minimum Gasteiger partial charge on any atom is -0.438 e. The lowest BCUT2D eigenvalue weighted by atomic mass is 9.79. The molecule has 1 saturated carbocycles. The van der Waals surface area contributed by atoms with Gasteiger partial charge in [-0.2, -0.15) is 0 Å². The largest absolute Gasteiger partial charge is 0.438 e. The van der Waals surface area contributed by atoms with Gasteiger partial charge in [-0.3, -0.25) is 5.32 Å².